The molecule has 0 radical (unpaired) electrons. The van der Waals surface area contributed by atoms with Crippen LogP contribution in [0.3, 0.4) is 0 Å². The average molecular weight is 375 g/mol. The second-order valence-electron chi connectivity index (χ2n) is 5.69. The summed E-state index contributed by atoms with van der Waals surface area (Å²) < 4.78 is 39.4. The molecule has 0 aliphatic carbocycles. The van der Waals surface area contributed by atoms with Crippen molar-refractivity contribution in [3.05, 3.63) is 70.6 Å². The van der Waals surface area contributed by atoms with E-state index in [0.29, 0.717) is 0 Å². The molecule has 0 aliphatic rings. The van der Waals surface area contributed by atoms with Gasteiger partial charge in [-0.15, -0.1) is 11.3 Å². The van der Waals surface area contributed by atoms with Crippen molar-refractivity contribution < 1.29 is 23.1 Å². The van der Waals surface area contributed by atoms with Crippen LogP contribution < -0.4 is 0 Å². The van der Waals surface area contributed by atoms with Crippen LogP contribution in [0.25, 0.3) is 10.1 Å². The van der Waals surface area contributed by atoms with Crippen LogP contribution in [0.5, 0.6) is 0 Å². The number of hydrogen-bond donors (Lipinski definition) is 1. The third kappa shape index (κ3) is 3.47. The number of nitrogens with zero attached hydrogens (tertiary/aromatic N) is 1. The summed E-state index contributed by atoms with van der Waals surface area (Å²) in [5.74, 6) is -2.11. The molecule has 3 nitrogen and oxygen atoms in total. The molecule has 2 aromatic carbocycles. The van der Waals surface area contributed by atoms with E-state index in [0.717, 1.165) is 28.3 Å². The van der Waals surface area contributed by atoms with Gasteiger partial charge < -0.3 is 5.11 Å². The highest BCUT2D eigenvalue weighted by Gasteiger charge is 2.34. The quantitative estimate of drug-likeness (QED) is 0.655. The van der Waals surface area contributed by atoms with E-state index >= 15 is 0 Å². The van der Waals surface area contributed by atoms with Gasteiger partial charge in [0.15, 0.2) is 5.78 Å². The van der Waals surface area contributed by atoms with Crippen LogP contribution in [-0.4, -0.2) is 10.9 Å². The molecule has 0 aliphatic heterocycles. The molecule has 7 heteroatoms. The van der Waals surface area contributed by atoms with Gasteiger partial charge in [0.25, 0.3) is 0 Å². The second-order valence-corrected chi connectivity index (χ2v) is 6.77. The predicted octanol–water partition coefficient (Wildman–Crippen LogP) is 4.98. The summed E-state index contributed by atoms with van der Waals surface area (Å²) in [5, 5.41) is 20.5. The van der Waals surface area contributed by atoms with Crippen LogP contribution >= 0.6 is 11.3 Å². The first-order valence-corrected chi connectivity index (χ1v) is 8.40. The number of benzene rings is 2. The summed E-state index contributed by atoms with van der Waals surface area (Å²) >= 11 is 1.18. The lowest BCUT2D eigenvalue weighted by atomic mass is 9.91. The van der Waals surface area contributed by atoms with E-state index in [9.17, 15) is 28.3 Å². The van der Waals surface area contributed by atoms with Crippen LogP contribution in [0.1, 0.15) is 26.9 Å². The standard InChI is InChI=1S/C19H12F3NO2S/c20-19(21,22)13-6-3-5-12(8-13)17(24)14(10-23)18(25)16-9-11-4-1-2-7-15(11)26-16/h1-9,14,17,24H. The van der Waals surface area contributed by atoms with Gasteiger partial charge in [-0.1, -0.05) is 30.3 Å². The van der Waals surface area contributed by atoms with Crippen molar-refractivity contribution >= 4 is 27.2 Å². The summed E-state index contributed by atoms with van der Waals surface area (Å²) in [6, 6.07) is 14.6. The number of thiophene rings is 1. The first kappa shape index (κ1) is 18.1. The van der Waals surface area contributed by atoms with E-state index in [4.69, 9.17) is 0 Å². The monoisotopic (exact) mass is 375 g/mol. The van der Waals surface area contributed by atoms with Gasteiger partial charge in [-0.3, -0.25) is 4.79 Å². The number of hydrogen-bond acceptors (Lipinski definition) is 4. The number of aliphatic hydroxyl groups is 1. The van der Waals surface area contributed by atoms with Gasteiger partial charge in [0.05, 0.1) is 16.5 Å². The first-order chi connectivity index (χ1) is 12.3. The zero-order chi connectivity index (χ0) is 18.9. The van der Waals surface area contributed by atoms with Crippen molar-refractivity contribution in [2.75, 3.05) is 0 Å². The van der Waals surface area contributed by atoms with E-state index in [1.807, 2.05) is 24.3 Å². The summed E-state index contributed by atoms with van der Waals surface area (Å²) in [6.45, 7) is 0. The summed E-state index contributed by atoms with van der Waals surface area (Å²) in [4.78, 5) is 12.9. The van der Waals surface area contributed by atoms with Crippen molar-refractivity contribution in [3.8, 4) is 6.07 Å². The van der Waals surface area contributed by atoms with Crippen molar-refractivity contribution in [2.24, 2.45) is 5.92 Å². The molecule has 0 saturated heterocycles. The van der Waals surface area contributed by atoms with E-state index in [-0.39, 0.29) is 10.4 Å². The number of halogens is 3. The highest BCUT2D eigenvalue weighted by Crippen LogP contribution is 2.34. The maximum Gasteiger partial charge on any atom is 0.416 e. The molecule has 0 fully saturated rings. The maximum absolute atomic E-state index is 12.8. The SMILES string of the molecule is N#CC(C(=O)c1cc2ccccc2s1)C(O)c1cccc(C(F)(F)F)c1. The van der Waals surface area contributed by atoms with Gasteiger partial charge in [-0.05, 0) is 35.2 Å². The largest absolute Gasteiger partial charge is 0.416 e. The second kappa shape index (κ2) is 6.90. The third-order valence-corrected chi connectivity index (χ3v) is 5.09. The number of rotatable bonds is 4. The first-order valence-electron chi connectivity index (χ1n) is 7.59. The Hall–Kier alpha value is -2.69. The number of alkyl halides is 3. The summed E-state index contributed by atoms with van der Waals surface area (Å²) in [7, 11) is 0. The normalized spacial score (nSPS) is 14.0. The molecule has 1 heterocycles. The molecule has 2 unspecified atom stereocenters. The topological polar surface area (TPSA) is 61.1 Å². The fourth-order valence-corrected chi connectivity index (χ4v) is 3.66. The van der Waals surface area contributed by atoms with Crippen molar-refractivity contribution in [2.45, 2.75) is 12.3 Å². The molecule has 26 heavy (non-hydrogen) atoms. The molecule has 0 bridgehead atoms. The number of nitriles is 1. The molecular weight excluding hydrogens is 363 g/mol. The molecule has 132 valence electrons. The fourth-order valence-electron chi connectivity index (χ4n) is 2.62. The van der Waals surface area contributed by atoms with Crippen LogP contribution in [0.15, 0.2) is 54.6 Å². The Kier molecular flexibility index (Phi) is 4.81. The highest BCUT2D eigenvalue weighted by molar-refractivity contribution is 7.20. The lowest BCUT2D eigenvalue weighted by Crippen LogP contribution is -2.21. The zero-order valence-corrected chi connectivity index (χ0v) is 14.0. The Morgan fingerprint density at radius 1 is 1.12 bits per heavy atom. The smallest absolute Gasteiger partial charge is 0.387 e. The Labute approximate surface area is 150 Å². The number of fused-ring (bicyclic) bond motifs is 1. The van der Waals surface area contributed by atoms with Gasteiger partial charge in [0.2, 0.25) is 0 Å². The molecule has 0 saturated carbocycles. The minimum absolute atomic E-state index is 0.124. The highest BCUT2D eigenvalue weighted by atomic mass is 32.1. The molecule has 1 N–H and O–H groups in total. The summed E-state index contributed by atoms with van der Waals surface area (Å²) in [6.07, 6.45) is -6.23. The Bertz CT molecular complexity index is 971. The van der Waals surface area contributed by atoms with E-state index in [1.54, 1.807) is 12.1 Å². The number of Topliss-reactive ketones (excluding diaryl/α,β-unsaturated/α-hetero) is 1. The van der Waals surface area contributed by atoms with Crippen LogP contribution in [0.2, 0.25) is 0 Å². The van der Waals surface area contributed by atoms with Crippen molar-refractivity contribution in [1.82, 2.24) is 0 Å². The summed E-state index contributed by atoms with van der Waals surface area (Å²) in [5.41, 5.74) is -1.07. The molecule has 0 spiro atoms. The van der Waals surface area contributed by atoms with E-state index < -0.39 is 29.5 Å². The molecule has 0 amide bonds. The van der Waals surface area contributed by atoms with Gasteiger partial charge in [0, 0.05) is 4.70 Å². The number of aliphatic hydroxyl groups excluding tert-OH is 1. The molecule has 3 rings (SSSR count). The third-order valence-electron chi connectivity index (χ3n) is 3.96. The Balaban J connectivity index is 1.93. The minimum Gasteiger partial charge on any atom is -0.387 e. The number of carbonyl (C=O) groups excluding carboxylic acids is 1. The fraction of sp³-hybridized carbons (Fsp3) is 0.158. The lowest BCUT2D eigenvalue weighted by Gasteiger charge is -2.17. The van der Waals surface area contributed by atoms with Crippen LogP contribution in [-0.2, 0) is 6.18 Å². The Morgan fingerprint density at radius 2 is 1.85 bits per heavy atom. The van der Waals surface area contributed by atoms with Crippen molar-refractivity contribution in [1.29, 1.82) is 5.26 Å². The van der Waals surface area contributed by atoms with Gasteiger partial charge in [-0.25, -0.2) is 0 Å². The number of carbonyl (C=O) groups is 1. The zero-order valence-electron chi connectivity index (χ0n) is 13.2. The number of ketones is 1. The molecule has 1 aromatic heterocycles. The molecular formula is C19H12F3NO2S. The van der Waals surface area contributed by atoms with Crippen molar-refractivity contribution in [3.63, 3.8) is 0 Å². The minimum atomic E-state index is -4.58. The Morgan fingerprint density at radius 3 is 2.50 bits per heavy atom. The predicted molar refractivity (Wildman–Crippen MR) is 91.7 cm³/mol. The van der Waals surface area contributed by atoms with E-state index in [1.165, 1.54) is 17.4 Å². The molecule has 2 atom stereocenters. The van der Waals surface area contributed by atoms with E-state index in [2.05, 4.69) is 0 Å². The van der Waals surface area contributed by atoms with Gasteiger partial charge in [-0.2, -0.15) is 18.4 Å². The average Bonchev–Trinajstić information content (AvgIpc) is 3.05. The lowest BCUT2D eigenvalue weighted by molar-refractivity contribution is -0.137. The van der Waals surface area contributed by atoms with Crippen LogP contribution in [0, 0.1) is 17.2 Å². The van der Waals surface area contributed by atoms with Gasteiger partial charge >= 0.3 is 6.18 Å². The van der Waals surface area contributed by atoms with Gasteiger partial charge in [0.1, 0.15) is 12.0 Å². The molecule has 3 aromatic rings. The maximum atomic E-state index is 12.8. The van der Waals surface area contributed by atoms with Crippen LogP contribution in [0.4, 0.5) is 13.2 Å².